The molecule has 1 saturated carbocycles. The highest BCUT2D eigenvalue weighted by Crippen LogP contribution is 2.53. The van der Waals surface area contributed by atoms with E-state index in [1.54, 1.807) is 0 Å². The van der Waals surface area contributed by atoms with Gasteiger partial charge in [-0.15, -0.1) is 0 Å². The van der Waals surface area contributed by atoms with E-state index >= 15 is 0 Å². The second-order valence-electron chi connectivity index (χ2n) is 6.01. The molecule has 2 aliphatic rings. The standard InChI is InChI=1S/C14H28N2.H2/c1-3-8-16-9-5-14(6-10-16)11-13(12-14)4-7-15-2;/h13,15H,3-12H2,1-2H3;1H. The zero-order chi connectivity index (χ0) is 11.4. The lowest BCUT2D eigenvalue weighted by molar-refractivity contribution is -0.0155. The van der Waals surface area contributed by atoms with Crippen molar-refractivity contribution in [2.45, 2.75) is 45.4 Å². The summed E-state index contributed by atoms with van der Waals surface area (Å²) in [5.41, 5.74) is 0.780. The van der Waals surface area contributed by atoms with Crippen molar-refractivity contribution in [3.8, 4) is 0 Å². The third-order valence-electron chi connectivity index (χ3n) is 4.70. The van der Waals surface area contributed by atoms with Crippen molar-refractivity contribution >= 4 is 0 Å². The smallest absolute Gasteiger partial charge is 0 e. The van der Waals surface area contributed by atoms with Gasteiger partial charge in [0.05, 0.1) is 0 Å². The highest BCUT2D eigenvalue weighted by atomic mass is 15.1. The van der Waals surface area contributed by atoms with Crippen LogP contribution in [0.15, 0.2) is 0 Å². The van der Waals surface area contributed by atoms with Gasteiger partial charge in [-0.3, -0.25) is 0 Å². The van der Waals surface area contributed by atoms with Gasteiger partial charge in [-0.2, -0.15) is 0 Å². The maximum Gasteiger partial charge on any atom is 0 e. The normalized spacial score (nSPS) is 25.9. The average Bonchev–Trinajstić information content (AvgIpc) is 2.26. The van der Waals surface area contributed by atoms with Crippen molar-refractivity contribution < 1.29 is 1.43 Å². The van der Waals surface area contributed by atoms with Gasteiger partial charge in [-0.25, -0.2) is 0 Å². The maximum atomic E-state index is 3.27. The Morgan fingerprint density at radius 1 is 1.31 bits per heavy atom. The number of nitrogens with one attached hydrogen (secondary N) is 1. The van der Waals surface area contributed by atoms with Gasteiger partial charge in [-0.05, 0) is 83.1 Å². The molecule has 0 atom stereocenters. The van der Waals surface area contributed by atoms with Crippen molar-refractivity contribution in [2.75, 3.05) is 33.2 Å². The number of piperidine rings is 1. The number of hydrogen-bond acceptors (Lipinski definition) is 2. The van der Waals surface area contributed by atoms with Crippen LogP contribution in [0.5, 0.6) is 0 Å². The Bertz CT molecular complexity index is 197. The van der Waals surface area contributed by atoms with E-state index in [1.165, 1.54) is 64.7 Å². The van der Waals surface area contributed by atoms with Crippen LogP contribution in [-0.4, -0.2) is 38.1 Å². The molecule has 2 heteroatoms. The molecule has 0 aromatic carbocycles. The minimum atomic E-state index is 0. The molecule has 96 valence electrons. The van der Waals surface area contributed by atoms with E-state index in [4.69, 9.17) is 0 Å². The molecular formula is C14H30N2. The number of likely N-dealkylation sites (tertiary alicyclic amines) is 1. The largest absolute Gasteiger partial charge is 0.320 e. The summed E-state index contributed by atoms with van der Waals surface area (Å²) in [6.45, 7) is 7.56. The third kappa shape index (κ3) is 2.78. The molecule has 0 amide bonds. The second kappa shape index (κ2) is 5.50. The van der Waals surface area contributed by atoms with Crippen LogP contribution in [0, 0.1) is 11.3 Å². The van der Waals surface area contributed by atoms with Crippen molar-refractivity contribution in [2.24, 2.45) is 11.3 Å². The highest BCUT2D eigenvalue weighted by Gasteiger charge is 2.44. The fourth-order valence-corrected chi connectivity index (χ4v) is 3.69. The van der Waals surface area contributed by atoms with Crippen LogP contribution in [0.3, 0.4) is 0 Å². The van der Waals surface area contributed by atoms with Crippen molar-refractivity contribution in [3.05, 3.63) is 0 Å². The van der Waals surface area contributed by atoms with Crippen molar-refractivity contribution in [1.82, 2.24) is 10.2 Å². The molecule has 0 radical (unpaired) electrons. The van der Waals surface area contributed by atoms with Gasteiger partial charge >= 0.3 is 0 Å². The molecule has 2 nitrogen and oxygen atoms in total. The Morgan fingerprint density at radius 3 is 2.56 bits per heavy atom. The molecule has 1 N–H and O–H groups in total. The Hall–Kier alpha value is -0.0800. The van der Waals surface area contributed by atoms with Gasteiger partial charge in [0.1, 0.15) is 0 Å². The van der Waals surface area contributed by atoms with Gasteiger partial charge in [0.2, 0.25) is 0 Å². The van der Waals surface area contributed by atoms with E-state index in [0.717, 1.165) is 11.3 Å². The Labute approximate surface area is 102 Å². The topological polar surface area (TPSA) is 15.3 Å². The van der Waals surface area contributed by atoms with E-state index in [9.17, 15) is 0 Å². The first kappa shape index (κ1) is 12.4. The summed E-state index contributed by atoms with van der Waals surface area (Å²) in [5, 5.41) is 3.27. The van der Waals surface area contributed by atoms with Gasteiger partial charge in [-0.1, -0.05) is 6.92 Å². The van der Waals surface area contributed by atoms with Gasteiger partial charge in [0, 0.05) is 1.43 Å². The molecule has 16 heavy (non-hydrogen) atoms. The molecule has 1 saturated heterocycles. The van der Waals surface area contributed by atoms with E-state index in [1.807, 2.05) is 0 Å². The fourth-order valence-electron chi connectivity index (χ4n) is 3.69. The van der Waals surface area contributed by atoms with E-state index in [2.05, 4.69) is 24.2 Å². The van der Waals surface area contributed by atoms with Gasteiger partial charge in [0.25, 0.3) is 0 Å². The first-order valence-electron chi connectivity index (χ1n) is 7.15. The molecule has 2 fully saturated rings. The summed E-state index contributed by atoms with van der Waals surface area (Å²) in [7, 11) is 2.07. The van der Waals surface area contributed by atoms with E-state index in [-0.39, 0.29) is 1.43 Å². The van der Waals surface area contributed by atoms with Gasteiger partial charge < -0.3 is 10.2 Å². The van der Waals surface area contributed by atoms with E-state index in [0.29, 0.717) is 0 Å². The van der Waals surface area contributed by atoms with Crippen LogP contribution in [0.25, 0.3) is 0 Å². The SMILES string of the molecule is CCCN1CCC2(CC1)CC(CCNC)C2.[HH]. The molecule has 0 bridgehead atoms. The number of rotatable bonds is 5. The van der Waals surface area contributed by atoms with Crippen LogP contribution in [0.1, 0.15) is 46.9 Å². The lowest BCUT2D eigenvalue weighted by Gasteiger charge is -2.52. The molecule has 0 unspecified atom stereocenters. The first-order chi connectivity index (χ1) is 7.78. The Kier molecular flexibility index (Phi) is 4.26. The number of hydrogen-bond donors (Lipinski definition) is 1. The van der Waals surface area contributed by atoms with Crippen LogP contribution in [0.4, 0.5) is 0 Å². The summed E-state index contributed by atoms with van der Waals surface area (Å²) in [6, 6.07) is 0. The molecular weight excluding hydrogens is 196 g/mol. The van der Waals surface area contributed by atoms with Crippen molar-refractivity contribution in [3.63, 3.8) is 0 Å². The lowest BCUT2D eigenvalue weighted by atomic mass is 9.57. The minimum absolute atomic E-state index is 0. The zero-order valence-electron chi connectivity index (χ0n) is 11.1. The average molecular weight is 226 g/mol. The molecule has 1 heterocycles. The number of nitrogens with zero attached hydrogens (tertiary/aromatic N) is 1. The molecule has 1 aliphatic heterocycles. The fraction of sp³-hybridized carbons (Fsp3) is 1.00. The second-order valence-corrected chi connectivity index (χ2v) is 6.01. The minimum Gasteiger partial charge on any atom is -0.320 e. The monoisotopic (exact) mass is 226 g/mol. The van der Waals surface area contributed by atoms with E-state index < -0.39 is 0 Å². The summed E-state index contributed by atoms with van der Waals surface area (Å²) in [4.78, 5) is 2.66. The Balaban J connectivity index is 0.00000144. The molecule has 1 aliphatic carbocycles. The van der Waals surface area contributed by atoms with Crippen LogP contribution < -0.4 is 5.32 Å². The summed E-state index contributed by atoms with van der Waals surface area (Å²) < 4.78 is 0. The summed E-state index contributed by atoms with van der Waals surface area (Å²) in [6.07, 6.45) is 8.71. The molecule has 1 spiro atoms. The Morgan fingerprint density at radius 2 is 2.00 bits per heavy atom. The predicted molar refractivity (Wildman–Crippen MR) is 71.8 cm³/mol. The van der Waals surface area contributed by atoms with Crippen LogP contribution in [0.2, 0.25) is 0 Å². The summed E-state index contributed by atoms with van der Waals surface area (Å²) >= 11 is 0. The summed E-state index contributed by atoms with van der Waals surface area (Å²) in [5.74, 6) is 1.03. The predicted octanol–water partition coefficient (Wildman–Crippen LogP) is 2.74. The molecule has 0 aromatic rings. The molecule has 2 rings (SSSR count). The molecule has 0 aromatic heterocycles. The first-order valence-corrected chi connectivity index (χ1v) is 7.15. The lowest BCUT2D eigenvalue weighted by Crippen LogP contribution is -2.47. The zero-order valence-corrected chi connectivity index (χ0v) is 11.1. The van der Waals surface area contributed by atoms with Gasteiger partial charge in [0.15, 0.2) is 0 Å². The van der Waals surface area contributed by atoms with Crippen LogP contribution >= 0.6 is 0 Å². The maximum absolute atomic E-state index is 3.27. The van der Waals surface area contributed by atoms with Crippen molar-refractivity contribution in [1.29, 1.82) is 0 Å². The van der Waals surface area contributed by atoms with Crippen LogP contribution in [-0.2, 0) is 0 Å². The quantitative estimate of drug-likeness (QED) is 0.775. The highest BCUT2D eigenvalue weighted by molar-refractivity contribution is 4.96. The third-order valence-corrected chi connectivity index (χ3v) is 4.70.